The Morgan fingerprint density at radius 3 is 2.38 bits per heavy atom. The van der Waals surface area contributed by atoms with Crippen LogP contribution >= 0.6 is 24.8 Å². The number of sulfonamides is 1. The summed E-state index contributed by atoms with van der Waals surface area (Å²) in [6, 6.07) is 9.19. The van der Waals surface area contributed by atoms with Gasteiger partial charge in [-0.3, -0.25) is 14.5 Å². The number of anilines is 1. The Labute approximate surface area is 183 Å². The van der Waals surface area contributed by atoms with Crippen LogP contribution in [0.4, 0.5) is 5.69 Å². The molecule has 3 rings (SSSR count). The Morgan fingerprint density at radius 2 is 1.79 bits per heavy atom. The van der Waals surface area contributed by atoms with Crippen molar-refractivity contribution in [3.8, 4) is 0 Å². The SMILES string of the molecule is CC(N)C1CCCN(C(=O)c2ccc(S(=O)(=O)Nc3ccncc3)cc2)C1.Cl.Cl. The molecule has 1 saturated heterocycles. The van der Waals surface area contributed by atoms with Gasteiger partial charge in [0.05, 0.1) is 10.6 Å². The van der Waals surface area contributed by atoms with E-state index in [-0.39, 0.29) is 41.7 Å². The summed E-state index contributed by atoms with van der Waals surface area (Å²) in [4.78, 5) is 18.5. The molecule has 0 radical (unpaired) electrons. The molecule has 160 valence electrons. The van der Waals surface area contributed by atoms with Gasteiger partial charge in [-0.05, 0) is 62.1 Å². The lowest BCUT2D eigenvalue weighted by Crippen LogP contribution is -2.45. The van der Waals surface area contributed by atoms with Gasteiger partial charge in [-0.1, -0.05) is 0 Å². The molecule has 1 aliphatic rings. The number of piperidine rings is 1. The highest BCUT2D eigenvalue weighted by atomic mass is 35.5. The highest BCUT2D eigenvalue weighted by molar-refractivity contribution is 7.92. The first kappa shape index (κ1) is 25.2. The molecular formula is C19H26Cl2N4O3S. The zero-order chi connectivity index (χ0) is 19.4. The molecule has 1 aromatic heterocycles. The molecule has 2 aromatic rings. The number of amides is 1. The van der Waals surface area contributed by atoms with Crippen molar-refractivity contribution in [2.75, 3.05) is 17.8 Å². The molecule has 29 heavy (non-hydrogen) atoms. The molecule has 0 spiro atoms. The minimum Gasteiger partial charge on any atom is -0.338 e. The molecular weight excluding hydrogens is 435 g/mol. The van der Waals surface area contributed by atoms with Crippen molar-refractivity contribution in [2.45, 2.75) is 30.7 Å². The average molecular weight is 461 g/mol. The Kier molecular flexibility index (Phi) is 9.35. The van der Waals surface area contributed by atoms with Gasteiger partial charge in [0.25, 0.3) is 15.9 Å². The third kappa shape index (κ3) is 6.30. The van der Waals surface area contributed by atoms with E-state index in [1.54, 1.807) is 29.2 Å². The van der Waals surface area contributed by atoms with Crippen LogP contribution in [0.15, 0.2) is 53.7 Å². The highest BCUT2D eigenvalue weighted by Crippen LogP contribution is 2.22. The fourth-order valence-corrected chi connectivity index (χ4v) is 4.28. The maximum atomic E-state index is 12.7. The molecule has 1 aliphatic heterocycles. The van der Waals surface area contributed by atoms with E-state index in [1.165, 1.54) is 24.5 Å². The van der Waals surface area contributed by atoms with Crippen molar-refractivity contribution in [3.05, 3.63) is 54.4 Å². The van der Waals surface area contributed by atoms with Crippen LogP contribution in [0.3, 0.4) is 0 Å². The van der Waals surface area contributed by atoms with Gasteiger partial charge in [-0.25, -0.2) is 8.42 Å². The maximum Gasteiger partial charge on any atom is 0.261 e. The number of benzene rings is 1. The lowest BCUT2D eigenvalue weighted by atomic mass is 9.92. The molecule has 2 unspecified atom stereocenters. The Morgan fingerprint density at radius 1 is 1.17 bits per heavy atom. The van der Waals surface area contributed by atoms with E-state index < -0.39 is 10.0 Å². The van der Waals surface area contributed by atoms with Gasteiger partial charge in [-0.15, -0.1) is 24.8 Å². The summed E-state index contributed by atoms with van der Waals surface area (Å²) in [5, 5.41) is 0. The average Bonchev–Trinajstić information content (AvgIpc) is 2.68. The van der Waals surface area contributed by atoms with Crippen molar-refractivity contribution in [1.82, 2.24) is 9.88 Å². The number of nitrogens with two attached hydrogens (primary N) is 1. The lowest BCUT2D eigenvalue weighted by molar-refractivity contribution is 0.0661. The Bertz CT molecular complexity index is 893. The van der Waals surface area contributed by atoms with Crippen LogP contribution in [0.1, 0.15) is 30.1 Å². The summed E-state index contributed by atoms with van der Waals surface area (Å²) in [5.74, 6) is 0.207. The van der Waals surface area contributed by atoms with Gasteiger partial charge >= 0.3 is 0 Å². The minimum atomic E-state index is -3.72. The predicted octanol–water partition coefficient (Wildman–Crippen LogP) is 2.93. The molecule has 0 aliphatic carbocycles. The van der Waals surface area contributed by atoms with Crippen molar-refractivity contribution >= 4 is 46.4 Å². The summed E-state index contributed by atoms with van der Waals surface area (Å²) >= 11 is 0. The number of rotatable bonds is 5. The number of nitrogens with zero attached hydrogens (tertiary/aromatic N) is 2. The number of pyridine rings is 1. The normalized spacial score (nSPS) is 17.4. The van der Waals surface area contributed by atoms with Crippen LogP contribution in [0.2, 0.25) is 0 Å². The number of hydrogen-bond donors (Lipinski definition) is 2. The van der Waals surface area contributed by atoms with Gasteiger partial charge in [0.2, 0.25) is 0 Å². The molecule has 2 atom stereocenters. The zero-order valence-electron chi connectivity index (χ0n) is 16.0. The fourth-order valence-electron chi connectivity index (χ4n) is 3.22. The number of nitrogens with one attached hydrogen (secondary N) is 1. The standard InChI is InChI=1S/C19H24N4O3S.2ClH/c1-14(20)16-3-2-12-23(13-16)19(24)15-4-6-18(7-5-15)27(25,26)22-17-8-10-21-11-9-17;;/h4-11,14,16H,2-3,12-13,20H2,1H3,(H,21,22);2*1H. The number of aromatic nitrogens is 1. The predicted molar refractivity (Wildman–Crippen MR) is 118 cm³/mol. The number of likely N-dealkylation sites (tertiary alicyclic amines) is 1. The van der Waals surface area contributed by atoms with Crippen LogP contribution in [-0.4, -0.2) is 43.3 Å². The Balaban J connectivity index is 0.00000210. The fraction of sp³-hybridized carbons (Fsp3) is 0.368. The summed E-state index contributed by atoms with van der Waals surface area (Å²) in [5.41, 5.74) is 6.89. The maximum absolute atomic E-state index is 12.7. The number of carbonyl (C=O) groups excluding carboxylic acids is 1. The van der Waals surface area contributed by atoms with E-state index >= 15 is 0 Å². The summed E-state index contributed by atoms with van der Waals surface area (Å²) in [6.07, 6.45) is 4.97. The van der Waals surface area contributed by atoms with Crippen molar-refractivity contribution in [3.63, 3.8) is 0 Å². The van der Waals surface area contributed by atoms with E-state index in [1.807, 2.05) is 6.92 Å². The van der Waals surface area contributed by atoms with Crippen molar-refractivity contribution < 1.29 is 13.2 Å². The van der Waals surface area contributed by atoms with E-state index in [0.29, 0.717) is 30.3 Å². The molecule has 7 nitrogen and oxygen atoms in total. The molecule has 0 saturated carbocycles. The second kappa shape index (κ2) is 10.8. The number of hydrogen-bond acceptors (Lipinski definition) is 5. The monoisotopic (exact) mass is 460 g/mol. The van der Waals surface area contributed by atoms with Gasteiger partial charge in [0, 0.05) is 37.1 Å². The molecule has 3 N–H and O–H groups in total. The first-order valence-corrected chi connectivity index (χ1v) is 10.4. The minimum absolute atomic E-state index is 0. The smallest absolute Gasteiger partial charge is 0.261 e. The largest absolute Gasteiger partial charge is 0.338 e. The quantitative estimate of drug-likeness (QED) is 0.713. The topological polar surface area (TPSA) is 105 Å². The third-order valence-corrected chi connectivity index (χ3v) is 6.23. The highest BCUT2D eigenvalue weighted by Gasteiger charge is 2.26. The van der Waals surface area contributed by atoms with Crippen LogP contribution in [0.25, 0.3) is 0 Å². The molecule has 1 fully saturated rings. The van der Waals surface area contributed by atoms with Crippen molar-refractivity contribution in [1.29, 1.82) is 0 Å². The number of halogens is 2. The third-order valence-electron chi connectivity index (χ3n) is 4.83. The van der Waals surface area contributed by atoms with Crippen LogP contribution in [-0.2, 0) is 10.0 Å². The van der Waals surface area contributed by atoms with E-state index in [0.717, 1.165) is 12.8 Å². The zero-order valence-corrected chi connectivity index (χ0v) is 18.5. The molecule has 1 aromatic carbocycles. The molecule has 10 heteroatoms. The first-order chi connectivity index (χ1) is 12.9. The second-order valence-electron chi connectivity index (χ2n) is 6.88. The van der Waals surface area contributed by atoms with Gasteiger partial charge in [0.15, 0.2) is 0 Å². The van der Waals surface area contributed by atoms with E-state index in [4.69, 9.17) is 5.73 Å². The molecule has 1 amide bonds. The summed E-state index contributed by atoms with van der Waals surface area (Å²) in [6.45, 7) is 3.31. The summed E-state index contributed by atoms with van der Waals surface area (Å²) < 4.78 is 27.4. The molecule has 0 bridgehead atoms. The Hall–Kier alpha value is -1.87. The van der Waals surface area contributed by atoms with Crippen LogP contribution < -0.4 is 10.5 Å². The van der Waals surface area contributed by atoms with Gasteiger partial charge < -0.3 is 10.6 Å². The number of carbonyl (C=O) groups is 1. The van der Waals surface area contributed by atoms with Gasteiger partial charge in [0.1, 0.15) is 0 Å². The van der Waals surface area contributed by atoms with E-state index in [2.05, 4.69) is 9.71 Å². The first-order valence-electron chi connectivity index (χ1n) is 8.94. The second-order valence-corrected chi connectivity index (χ2v) is 8.56. The van der Waals surface area contributed by atoms with E-state index in [9.17, 15) is 13.2 Å². The van der Waals surface area contributed by atoms with Crippen LogP contribution in [0, 0.1) is 5.92 Å². The van der Waals surface area contributed by atoms with Crippen molar-refractivity contribution in [2.24, 2.45) is 11.7 Å². The van der Waals surface area contributed by atoms with Gasteiger partial charge in [-0.2, -0.15) is 0 Å². The summed E-state index contributed by atoms with van der Waals surface area (Å²) in [7, 11) is -3.72. The lowest BCUT2D eigenvalue weighted by Gasteiger charge is -2.34. The van der Waals surface area contributed by atoms with Crippen LogP contribution in [0.5, 0.6) is 0 Å². The molecule has 2 heterocycles.